The van der Waals surface area contributed by atoms with Crippen molar-refractivity contribution in [3.63, 3.8) is 0 Å². The third kappa shape index (κ3) is 4.60. The topological polar surface area (TPSA) is 69.6 Å². The molecule has 0 aliphatic rings. The Morgan fingerprint density at radius 2 is 1.76 bits per heavy atom. The van der Waals surface area contributed by atoms with Crippen molar-refractivity contribution in [2.75, 3.05) is 19.5 Å². The number of carbonyl (C=O) groups excluding carboxylic acids is 1. The maximum absolute atomic E-state index is 12.9. The number of ether oxygens (including phenoxy) is 2. The number of pyridine rings is 1. The number of hydrogen-bond donors (Lipinski definition) is 1. The third-order valence-electron chi connectivity index (χ3n) is 4.54. The summed E-state index contributed by atoms with van der Waals surface area (Å²) in [6, 6.07) is 13.8. The fourth-order valence-corrected chi connectivity index (χ4v) is 3.10. The molecule has 3 rings (SSSR count). The molecule has 1 heterocycles. The van der Waals surface area contributed by atoms with E-state index in [4.69, 9.17) is 21.1 Å². The lowest BCUT2D eigenvalue weighted by atomic mass is 10.1. The molecule has 1 aromatic heterocycles. The van der Waals surface area contributed by atoms with E-state index < -0.39 is 11.5 Å². The second-order valence-electron chi connectivity index (χ2n) is 6.44. The summed E-state index contributed by atoms with van der Waals surface area (Å²) in [5.41, 5.74) is 1.76. The maximum atomic E-state index is 12.9. The first kappa shape index (κ1) is 20.5. The number of anilines is 1. The summed E-state index contributed by atoms with van der Waals surface area (Å²) in [5.74, 6) is 0.758. The van der Waals surface area contributed by atoms with Gasteiger partial charge in [0.2, 0.25) is 0 Å². The number of benzene rings is 2. The molecule has 0 aliphatic carbocycles. The van der Waals surface area contributed by atoms with Crippen molar-refractivity contribution < 1.29 is 14.3 Å². The van der Waals surface area contributed by atoms with Gasteiger partial charge in [-0.05, 0) is 54.4 Å². The number of halogens is 1. The van der Waals surface area contributed by atoms with Gasteiger partial charge in [-0.15, -0.1) is 0 Å². The number of aromatic nitrogens is 1. The molecule has 0 spiro atoms. The zero-order chi connectivity index (χ0) is 21.0. The molecule has 0 radical (unpaired) electrons. The van der Waals surface area contributed by atoms with Crippen molar-refractivity contribution in [2.24, 2.45) is 0 Å². The first-order valence-electron chi connectivity index (χ1n) is 8.90. The molecule has 1 amide bonds. The average Bonchev–Trinajstić information content (AvgIpc) is 2.72. The van der Waals surface area contributed by atoms with Crippen molar-refractivity contribution in [1.29, 1.82) is 0 Å². The molecule has 7 heteroatoms. The first-order chi connectivity index (χ1) is 13.9. The van der Waals surface area contributed by atoms with Gasteiger partial charge in [0.1, 0.15) is 17.1 Å². The van der Waals surface area contributed by atoms with Gasteiger partial charge in [-0.3, -0.25) is 9.59 Å². The van der Waals surface area contributed by atoms with E-state index in [1.54, 1.807) is 57.7 Å². The fourth-order valence-electron chi connectivity index (χ4n) is 2.92. The van der Waals surface area contributed by atoms with Crippen molar-refractivity contribution in [3.8, 4) is 11.5 Å². The van der Waals surface area contributed by atoms with Gasteiger partial charge in [0.15, 0.2) is 0 Å². The molecule has 1 N–H and O–H groups in total. The van der Waals surface area contributed by atoms with E-state index in [0.717, 1.165) is 11.1 Å². The Kier molecular flexibility index (Phi) is 6.24. The Morgan fingerprint density at radius 1 is 1.07 bits per heavy atom. The number of nitrogens with one attached hydrogen (secondary N) is 1. The molecule has 150 valence electrons. The van der Waals surface area contributed by atoms with Crippen LogP contribution in [-0.2, 0) is 6.54 Å². The van der Waals surface area contributed by atoms with E-state index >= 15 is 0 Å². The molecule has 3 aromatic rings. The Morgan fingerprint density at radius 3 is 2.41 bits per heavy atom. The van der Waals surface area contributed by atoms with Crippen molar-refractivity contribution in [2.45, 2.75) is 13.5 Å². The second kappa shape index (κ2) is 8.84. The minimum atomic E-state index is -0.488. The summed E-state index contributed by atoms with van der Waals surface area (Å²) in [5, 5.41) is 3.30. The highest BCUT2D eigenvalue weighted by atomic mass is 35.5. The lowest BCUT2D eigenvalue weighted by Gasteiger charge is -2.12. The van der Waals surface area contributed by atoms with Gasteiger partial charge in [-0.1, -0.05) is 17.7 Å². The highest BCUT2D eigenvalue weighted by Gasteiger charge is 2.14. The normalized spacial score (nSPS) is 10.5. The van der Waals surface area contributed by atoms with Crippen LogP contribution in [0.5, 0.6) is 11.5 Å². The third-order valence-corrected chi connectivity index (χ3v) is 4.95. The molecule has 6 nitrogen and oxygen atoms in total. The molecule has 0 fully saturated rings. The van der Waals surface area contributed by atoms with E-state index in [9.17, 15) is 9.59 Å². The molecular weight excluding hydrogens is 392 g/mol. The van der Waals surface area contributed by atoms with E-state index in [0.29, 0.717) is 22.2 Å². The van der Waals surface area contributed by atoms with Crippen LogP contribution in [0, 0.1) is 6.92 Å². The molecule has 2 aromatic carbocycles. The monoisotopic (exact) mass is 412 g/mol. The molecule has 29 heavy (non-hydrogen) atoms. The SMILES string of the molecule is COc1cc(Cn2cccc(C(=O)Nc3cccc(Cl)c3C)c2=O)cc(OC)c1. The van der Waals surface area contributed by atoms with Gasteiger partial charge in [0.05, 0.1) is 20.8 Å². The molecule has 0 bridgehead atoms. The minimum Gasteiger partial charge on any atom is -0.497 e. The quantitative estimate of drug-likeness (QED) is 0.661. The largest absolute Gasteiger partial charge is 0.497 e. The van der Waals surface area contributed by atoms with Crippen LogP contribution >= 0.6 is 11.6 Å². The minimum absolute atomic E-state index is 0.0433. The van der Waals surface area contributed by atoms with Crippen LogP contribution in [-0.4, -0.2) is 24.7 Å². The predicted octanol–water partition coefficient (Wildman–Crippen LogP) is 4.13. The molecule has 0 saturated heterocycles. The van der Waals surface area contributed by atoms with Crippen LogP contribution in [0.1, 0.15) is 21.5 Å². The summed E-state index contributed by atoms with van der Waals surface area (Å²) in [7, 11) is 3.13. The molecule has 0 saturated carbocycles. The van der Waals surface area contributed by atoms with Crippen molar-refractivity contribution in [1.82, 2.24) is 4.57 Å². The Bertz CT molecular complexity index is 1090. The Labute approximate surface area is 173 Å². The van der Waals surface area contributed by atoms with Crippen molar-refractivity contribution in [3.05, 3.63) is 86.8 Å². The summed E-state index contributed by atoms with van der Waals surface area (Å²) >= 11 is 6.10. The number of nitrogens with zero attached hydrogens (tertiary/aromatic N) is 1. The van der Waals surface area contributed by atoms with Gasteiger partial charge >= 0.3 is 0 Å². The first-order valence-corrected chi connectivity index (χ1v) is 9.28. The highest BCUT2D eigenvalue weighted by molar-refractivity contribution is 6.31. The Balaban J connectivity index is 1.89. The summed E-state index contributed by atoms with van der Waals surface area (Å²) in [6.45, 7) is 2.07. The van der Waals surface area contributed by atoms with Gasteiger partial charge in [-0.25, -0.2) is 0 Å². The predicted molar refractivity (Wildman–Crippen MR) is 113 cm³/mol. The van der Waals surface area contributed by atoms with Crippen LogP contribution < -0.4 is 20.3 Å². The van der Waals surface area contributed by atoms with E-state index in [1.165, 1.54) is 10.6 Å². The number of methoxy groups -OCH3 is 2. The zero-order valence-corrected chi connectivity index (χ0v) is 17.1. The lowest BCUT2D eigenvalue weighted by Crippen LogP contribution is -2.29. The lowest BCUT2D eigenvalue weighted by molar-refractivity contribution is 0.102. The van der Waals surface area contributed by atoms with Crippen LogP contribution in [0.4, 0.5) is 5.69 Å². The van der Waals surface area contributed by atoms with Gasteiger partial charge < -0.3 is 19.4 Å². The molecule has 0 aliphatic heterocycles. The summed E-state index contributed by atoms with van der Waals surface area (Å²) < 4.78 is 12.0. The molecular formula is C22H21ClN2O4. The maximum Gasteiger partial charge on any atom is 0.263 e. The van der Waals surface area contributed by atoms with E-state index in [-0.39, 0.29) is 12.1 Å². The van der Waals surface area contributed by atoms with Gasteiger partial charge in [0.25, 0.3) is 11.5 Å². The van der Waals surface area contributed by atoms with Gasteiger partial charge in [-0.2, -0.15) is 0 Å². The van der Waals surface area contributed by atoms with E-state index in [1.807, 2.05) is 12.1 Å². The average molecular weight is 413 g/mol. The van der Waals surface area contributed by atoms with Gasteiger partial charge in [0, 0.05) is 23.0 Å². The number of carbonyl (C=O) groups is 1. The highest BCUT2D eigenvalue weighted by Crippen LogP contribution is 2.24. The summed E-state index contributed by atoms with van der Waals surface area (Å²) in [4.78, 5) is 25.6. The van der Waals surface area contributed by atoms with Crippen LogP contribution in [0.15, 0.2) is 59.5 Å². The number of hydrogen-bond acceptors (Lipinski definition) is 4. The smallest absolute Gasteiger partial charge is 0.263 e. The Hall–Kier alpha value is -3.25. The van der Waals surface area contributed by atoms with Crippen LogP contribution in [0.2, 0.25) is 5.02 Å². The van der Waals surface area contributed by atoms with Crippen LogP contribution in [0.25, 0.3) is 0 Å². The fraction of sp³-hybridized carbons (Fsp3) is 0.182. The number of rotatable bonds is 6. The van der Waals surface area contributed by atoms with Crippen molar-refractivity contribution >= 4 is 23.2 Å². The second-order valence-corrected chi connectivity index (χ2v) is 6.85. The summed E-state index contributed by atoms with van der Waals surface area (Å²) in [6.07, 6.45) is 1.63. The standard InChI is InChI=1S/C22H21ClN2O4/c1-14-19(23)7-4-8-20(14)24-21(26)18-6-5-9-25(22(18)27)13-15-10-16(28-2)12-17(11-15)29-3/h4-12H,13H2,1-3H3,(H,24,26). The zero-order valence-electron chi connectivity index (χ0n) is 16.4. The molecule has 0 atom stereocenters. The number of amides is 1. The molecule has 0 unspecified atom stereocenters. The van der Waals surface area contributed by atoms with Crippen LogP contribution in [0.3, 0.4) is 0 Å². The van der Waals surface area contributed by atoms with E-state index in [2.05, 4.69) is 5.32 Å².